The van der Waals surface area contributed by atoms with E-state index in [0.717, 1.165) is 12.3 Å². The molecule has 1 rings (SSSR count). The molecule has 0 bridgehead atoms. The molecule has 1 aromatic rings. The van der Waals surface area contributed by atoms with Gasteiger partial charge in [0.25, 0.3) is 0 Å². The second-order valence-corrected chi connectivity index (χ2v) is 4.14. The zero-order valence-corrected chi connectivity index (χ0v) is 9.33. The number of rotatable bonds is 5. The Balaban J connectivity index is 2.48. The predicted octanol–water partition coefficient (Wildman–Crippen LogP) is 2.26. The van der Waals surface area contributed by atoms with Gasteiger partial charge in [0.05, 0.1) is 0 Å². The summed E-state index contributed by atoms with van der Waals surface area (Å²) in [7, 11) is 2.02. The van der Waals surface area contributed by atoms with Gasteiger partial charge >= 0.3 is 0 Å². The molecular formula is C12H20N2. The van der Waals surface area contributed by atoms with Crippen LogP contribution in [0, 0.1) is 5.92 Å². The number of hydrogen-bond donors (Lipinski definition) is 1. The van der Waals surface area contributed by atoms with Crippen molar-refractivity contribution in [3.63, 3.8) is 0 Å². The third-order valence-corrected chi connectivity index (χ3v) is 2.35. The molecule has 1 aromatic heterocycles. The summed E-state index contributed by atoms with van der Waals surface area (Å²) in [4.78, 5) is 4.33. The summed E-state index contributed by atoms with van der Waals surface area (Å²) in [5, 5.41) is 3.34. The van der Waals surface area contributed by atoms with Crippen molar-refractivity contribution in [2.75, 3.05) is 7.05 Å². The highest BCUT2D eigenvalue weighted by atomic mass is 14.9. The molecule has 0 saturated carbocycles. The summed E-state index contributed by atoms with van der Waals surface area (Å²) >= 11 is 0. The quantitative estimate of drug-likeness (QED) is 0.774. The van der Waals surface area contributed by atoms with Crippen LogP contribution in [0.3, 0.4) is 0 Å². The van der Waals surface area contributed by atoms with E-state index in [1.165, 1.54) is 12.1 Å². The highest BCUT2D eigenvalue weighted by Crippen LogP contribution is 2.08. The first-order chi connectivity index (χ1) is 6.72. The lowest BCUT2D eigenvalue weighted by Gasteiger charge is -2.17. The lowest BCUT2D eigenvalue weighted by atomic mass is 10.00. The summed E-state index contributed by atoms with van der Waals surface area (Å²) in [6.45, 7) is 4.51. The Morgan fingerprint density at radius 2 is 2.14 bits per heavy atom. The maximum atomic E-state index is 4.33. The Hall–Kier alpha value is -0.890. The standard InChI is InChI=1S/C12H20N2/c1-10(2)8-12(13-3)9-11-6-4-5-7-14-11/h4-7,10,12-13H,8-9H2,1-3H3. The Kier molecular flexibility index (Phi) is 4.60. The van der Waals surface area contributed by atoms with Crippen LogP contribution in [-0.4, -0.2) is 18.1 Å². The minimum Gasteiger partial charge on any atom is -0.317 e. The first-order valence-electron chi connectivity index (χ1n) is 5.29. The largest absolute Gasteiger partial charge is 0.317 e. The fourth-order valence-corrected chi connectivity index (χ4v) is 1.64. The van der Waals surface area contributed by atoms with Crippen LogP contribution < -0.4 is 5.32 Å². The van der Waals surface area contributed by atoms with Crippen LogP contribution >= 0.6 is 0 Å². The molecule has 0 aliphatic heterocycles. The van der Waals surface area contributed by atoms with Crippen molar-refractivity contribution in [2.45, 2.75) is 32.7 Å². The average molecular weight is 192 g/mol. The fourth-order valence-electron chi connectivity index (χ4n) is 1.64. The first-order valence-corrected chi connectivity index (χ1v) is 5.29. The van der Waals surface area contributed by atoms with E-state index >= 15 is 0 Å². The number of hydrogen-bond acceptors (Lipinski definition) is 2. The van der Waals surface area contributed by atoms with Gasteiger partial charge < -0.3 is 5.32 Å². The first kappa shape index (κ1) is 11.2. The molecule has 0 aliphatic rings. The highest BCUT2D eigenvalue weighted by Gasteiger charge is 2.09. The maximum absolute atomic E-state index is 4.33. The SMILES string of the molecule is CNC(Cc1ccccn1)CC(C)C. The van der Waals surface area contributed by atoms with Gasteiger partial charge in [-0.15, -0.1) is 0 Å². The van der Waals surface area contributed by atoms with Crippen LogP contribution in [0.5, 0.6) is 0 Å². The van der Waals surface area contributed by atoms with Crippen molar-refractivity contribution in [3.8, 4) is 0 Å². The summed E-state index contributed by atoms with van der Waals surface area (Å²) in [5.41, 5.74) is 1.17. The molecule has 2 nitrogen and oxygen atoms in total. The lowest BCUT2D eigenvalue weighted by Crippen LogP contribution is -2.29. The molecule has 1 atom stereocenters. The second kappa shape index (κ2) is 5.76. The van der Waals surface area contributed by atoms with Gasteiger partial charge in [0, 0.05) is 24.4 Å². The summed E-state index contributed by atoms with van der Waals surface area (Å²) in [6, 6.07) is 6.64. The van der Waals surface area contributed by atoms with Crippen molar-refractivity contribution in [1.82, 2.24) is 10.3 Å². The van der Waals surface area contributed by atoms with Crippen LogP contribution in [0.1, 0.15) is 26.0 Å². The van der Waals surface area contributed by atoms with Gasteiger partial charge in [0.15, 0.2) is 0 Å². The van der Waals surface area contributed by atoms with Gasteiger partial charge in [-0.25, -0.2) is 0 Å². The summed E-state index contributed by atoms with van der Waals surface area (Å²) in [5.74, 6) is 0.733. The van der Waals surface area contributed by atoms with E-state index in [2.05, 4.69) is 30.2 Å². The molecule has 78 valence electrons. The molecule has 14 heavy (non-hydrogen) atoms. The number of likely N-dealkylation sites (N-methyl/N-ethyl adjacent to an activating group) is 1. The van der Waals surface area contributed by atoms with Crippen molar-refractivity contribution in [2.24, 2.45) is 5.92 Å². The third kappa shape index (κ3) is 3.88. The van der Waals surface area contributed by atoms with Crippen molar-refractivity contribution in [1.29, 1.82) is 0 Å². The molecule has 1 unspecified atom stereocenters. The van der Waals surface area contributed by atoms with Crippen LogP contribution in [0.15, 0.2) is 24.4 Å². The predicted molar refractivity (Wildman–Crippen MR) is 60.2 cm³/mol. The normalized spacial score (nSPS) is 13.1. The zero-order valence-electron chi connectivity index (χ0n) is 9.33. The van der Waals surface area contributed by atoms with E-state index in [1.807, 2.05) is 25.4 Å². The third-order valence-electron chi connectivity index (χ3n) is 2.35. The van der Waals surface area contributed by atoms with E-state index in [-0.39, 0.29) is 0 Å². The molecule has 0 radical (unpaired) electrons. The number of pyridine rings is 1. The Morgan fingerprint density at radius 1 is 1.36 bits per heavy atom. The number of nitrogens with zero attached hydrogens (tertiary/aromatic N) is 1. The van der Waals surface area contributed by atoms with Crippen LogP contribution in [0.2, 0.25) is 0 Å². The lowest BCUT2D eigenvalue weighted by molar-refractivity contribution is 0.438. The van der Waals surface area contributed by atoms with E-state index in [0.29, 0.717) is 6.04 Å². The molecule has 0 fully saturated rings. The van der Waals surface area contributed by atoms with Crippen LogP contribution in [0.25, 0.3) is 0 Å². The fraction of sp³-hybridized carbons (Fsp3) is 0.583. The molecule has 1 heterocycles. The monoisotopic (exact) mass is 192 g/mol. The Morgan fingerprint density at radius 3 is 2.64 bits per heavy atom. The smallest absolute Gasteiger partial charge is 0.0419 e. The van der Waals surface area contributed by atoms with Gasteiger partial charge in [-0.05, 0) is 31.5 Å². The molecule has 0 amide bonds. The van der Waals surface area contributed by atoms with E-state index in [9.17, 15) is 0 Å². The van der Waals surface area contributed by atoms with Gasteiger partial charge in [0.1, 0.15) is 0 Å². The zero-order chi connectivity index (χ0) is 10.4. The van der Waals surface area contributed by atoms with E-state index in [1.54, 1.807) is 0 Å². The van der Waals surface area contributed by atoms with Crippen LogP contribution in [0.4, 0.5) is 0 Å². The van der Waals surface area contributed by atoms with Gasteiger partial charge in [-0.1, -0.05) is 19.9 Å². The van der Waals surface area contributed by atoms with Crippen LogP contribution in [-0.2, 0) is 6.42 Å². The topological polar surface area (TPSA) is 24.9 Å². The highest BCUT2D eigenvalue weighted by molar-refractivity contribution is 5.05. The van der Waals surface area contributed by atoms with Gasteiger partial charge in [-0.2, -0.15) is 0 Å². The molecule has 0 aromatic carbocycles. The number of aromatic nitrogens is 1. The van der Waals surface area contributed by atoms with Crippen molar-refractivity contribution >= 4 is 0 Å². The maximum Gasteiger partial charge on any atom is 0.0419 e. The molecule has 0 aliphatic carbocycles. The molecule has 2 heteroatoms. The Bertz CT molecular complexity index is 244. The Labute approximate surface area is 86.8 Å². The minimum absolute atomic E-state index is 0.546. The van der Waals surface area contributed by atoms with E-state index < -0.39 is 0 Å². The number of nitrogens with one attached hydrogen (secondary N) is 1. The molecule has 0 saturated heterocycles. The summed E-state index contributed by atoms with van der Waals surface area (Å²) in [6.07, 6.45) is 4.08. The molecular weight excluding hydrogens is 172 g/mol. The van der Waals surface area contributed by atoms with E-state index in [4.69, 9.17) is 0 Å². The van der Waals surface area contributed by atoms with Gasteiger partial charge in [0.2, 0.25) is 0 Å². The van der Waals surface area contributed by atoms with Crippen molar-refractivity contribution < 1.29 is 0 Å². The van der Waals surface area contributed by atoms with Gasteiger partial charge in [-0.3, -0.25) is 4.98 Å². The average Bonchev–Trinajstić information content (AvgIpc) is 2.17. The van der Waals surface area contributed by atoms with Crippen molar-refractivity contribution in [3.05, 3.63) is 30.1 Å². The summed E-state index contributed by atoms with van der Waals surface area (Å²) < 4.78 is 0. The second-order valence-electron chi connectivity index (χ2n) is 4.14. The molecule has 0 spiro atoms. The minimum atomic E-state index is 0.546. The molecule has 1 N–H and O–H groups in total.